The van der Waals surface area contributed by atoms with Crippen LogP contribution in [0.15, 0.2) is 0 Å². The van der Waals surface area contributed by atoms with Crippen LogP contribution in [0.25, 0.3) is 0 Å². The molecule has 0 aromatic heterocycles. The van der Waals surface area contributed by atoms with Crippen molar-refractivity contribution in [3.8, 4) is 0 Å². The van der Waals surface area contributed by atoms with Crippen molar-refractivity contribution in [3.63, 3.8) is 0 Å². The zero-order valence-electron chi connectivity index (χ0n) is 15.8. The lowest BCUT2D eigenvalue weighted by Gasteiger charge is -2.40. The van der Waals surface area contributed by atoms with Gasteiger partial charge in [0.25, 0.3) is 0 Å². The molecule has 4 heteroatoms. The molecular formula is C20H32O4. The molecule has 4 nitrogen and oxygen atoms in total. The van der Waals surface area contributed by atoms with E-state index in [2.05, 4.69) is 34.6 Å². The number of esters is 1. The van der Waals surface area contributed by atoms with Crippen molar-refractivity contribution in [3.05, 3.63) is 0 Å². The van der Waals surface area contributed by atoms with Gasteiger partial charge < -0.3 is 14.2 Å². The second kappa shape index (κ2) is 5.20. The standard InChI is InChI=1S/C20H32O4/c1-12-10-19(4)16(23-19)9-14(12)18(2,3)24-17(21)8-13-6-7-15-20(5,11-13)22-15/h12-16H,6-11H2,1-5H3. The highest BCUT2D eigenvalue weighted by Crippen LogP contribution is 2.54. The average Bonchev–Trinajstić information content (AvgIpc) is 3.29. The van der Waals surface area contributed by atoms with E-state index in [4.69, 9.17) is 14.2 Å². The van der Waals surface area contributed by atoms with Crippen molar-refractivity contribution in [1.29, 1.82) is 0 Å². The smallest absolute Gasteiger partial charge is 0.306 e. The lowest BCUT2D eigenvalue weighted by atomic mass is 9.69. The SMILES string of the molecule is CC1CC2(C)OC2CC1C(C)(C)OC(=O)CC1CCC2OC2(C)C1. The third-order valence-electron chi connectivity index (χ3n) is 7.21. The first-order chi connectivity index (χ1) is 11.1. The van der Waals surface area contributed by atoms with Crippen LogP contribution in [0.5, 0.6) is 0 Å². The molecule has 0 aromatic rings. The number of ether oxygens (including phenoxy) is 3. The Hall–Kier alpha value is -0.610. The van der Waals surface area contributed by atoms with Gasteiger partial charge in [0.1, 0.15) is 5.60 Å². The van der Waals surface area contributed by atoms with E-state index in [0.717, 1.165) is 32.1 Å². The Morgan fingerprint density at radius 3 is 2.50 bits per heavy atom. The molecule has 2 saturated heterocycles. The Morgan fingerprint density at radius 1 is 1.12 bits per heavy atom. The molecule has 4 aliphatic rings. The lowest BCUT2D eigenvalue weighted by molar-refractivity contribution is -0.166. The van der Waals surface area contributed by atoms with Crippen molar-refractivity contribution < 1.29 is 19.0 Å². The summed E-state index contributed by atoms with van der Waals surface area (Å²) in [5, 5.41) is 0. The van der Waals surface area contributed by atoms with E-state index >= 15 is 0 Å². The molecule has 7 atom stereocenters. The largest absolute Gasteiger partial charge is 0.459 e. The minimum Gasteiger partial charge on any atom is -0.459 e. The molecule has 2 aliphatic heterocycles. The first-order valence-electron chi connectivity index (χ1n) is 9.69. The Kier molecular flexibility index (Phi) is 3.65. The van der Waals surface area contributed by atoms with Crippen molar-refractivity contribution in [1.82, 2.24) is 0 Å². The number of hydrogen-bond donors (Lipinski definition) is 0. The van der Waals surface area contributed by atoms with Crippen LogP contribution in [0.2, 0.25) is 0 Å². The monoisotopic (exact) mass is 336 g/mol. The van der Waals surface area contributed by atoms with Gasteiger partial charge >= 0.3 is 5.97 Å². The summed E-state index contributed by atoms with van der Waals surface area (Å²) in [6.07, 6.45) is 6.60. The van der Waals surface area contributed by atoms with Gasteiger partial charge in [-0.15, -0.1) is 0 Å². The van der Waals surface area contributed by atoms with Crippen LogP contribution in [-0.4, -0.2) is 35.0 Å². The number of carbonyl (C=O) groups excluding carboxylic acids is 1. The molecule has 0 spiro atoms. The van der Waals surface area contributed by atoms with Crippen LogP contribution in [0.3, 0.4) is 0 Å². The van der Waals surface area contributed by atoms with Crippen LogP contribution >= 0.6 is 0 Å². The first kappa shape index (κ1) is 16.8. The van der Waals surface area contributed by atoms with E-state index in [1.165, 1.54) is 0 Å². The van der Waals surface area contributed by atoms with E-state index in [0.29, 0.717) is 36.4 Å². The predicted octanol–water partition coefficient (Wildman–Crippen LogP) is 3.86. The zero-order valence-corrected chi connectivity index (χ0v) is 15.8. The van der Waals surface area contributed by atoms with Gasteiger partial charge in [0, 0.05) is 12.3 Å². The summed E-state index contributed by atoms with van der Waals surface area (Å²) in [6, 6.07) is 0. The van der Waals surface area contributed by atoms with Gasteiger partial charge in [-0.1, -0.05) is 6.92 Å². The minimum atomic E-state index is -0.416. The van der Waals surface area contributed by atoms with Crippen LogP contribution in [0, 0.1) is 17.8 Å². The fraction of sp³-hybridized carbons (Fsp3) is 0.950. The van der Waals surface area contributed by atoms with Crippen molar-refractivity contribution in [2.45, 2.75) is 102 Å². The molecule has 2 aliphatic carbocycles. The quantitative estimate of drug-likeness (QED) is 0.578. The van der Waals surface area contributed by atoms with Crippen LogP contribution in [0.1, 0.15) is 73.1 Å². The molecule has 0 N–H and O–H groups in total. The van der Waals surface area contributed by atoms with Gasteiger partial charge in [-0.05, 0) is 71.6 Å². The van der Waals surface area contributed by atoms with Gasteiger partial charge in [0.2, 0.25) is 0 Å². The van der Waals surface area contributed by atoms with Gasteiger partial charge in [-0.2, -0.15) is 0 Å². The van der Waals surface area contributed by atoms with Crippen molar-refractivity contribution >= 4 is 5.97 Å². The molecule has 2 heterocycles. The Labute approximate surface area is 145 Å². The Bertz CT molecular complexity index is 544. The number of fused-ring (bicyclic) bond motifs is 2. The molecule has 0 amide bonds. The maximum Gasteiger partial charge on any atom is 0.306 e. The summed E-state index contributed by atoms with van der Waals surface area (Å²) >= 11 is 0. The van der Waals surface area contributed by atoms with Gasteiger partial charge in [-0.25, -0.2) is 0 Å². The fourth-order valence-corrected chi connectivity index (χ4v) is 5.70. The highest BCUT2D eigenvalue weighted by atomic mass is 16.6. The van der Waals surface area contributed by atoms with Gasteiger partial charge in [0.15, 0.2) is 0 Å². The molecule has 2 saturated carbocycles. The molecule has 0 radical (unpaired) electrons. The van der Waals surface area contributed by atoms with E-state index in [1.807, 2.05) is 0 Å². The number of hydrogen-bond acceptors (Lipinski definition) is 4. The van der Waals surface area contributed by atoms with E-state index in [-0.39, 0.29) is 17.2 Å². The molecule has 4 fully saturated rings. The van der Waals surface area contributed by atoms with E-state index in [9.17, 15) is 4.79 Å². The van der Waals surface area contributed by atoms with Crippen LogP contribution in [-0.2, 0) is 19.0 Å². The summed E-state index contributed by atoms with van der Waals surface area (Å²) in [4.78, 5) is 12.6. The summed E-state index contributed by atoms with van der Waals surface area (Å²) < 4.78 is 17.6. The van der Waals surface area contributed by atoms with E-state index in [1.54, 1.807) is 0 Å². The topological polar surface area (TPSA) is 51.4 Å². The molecule has 4 rings (SSSR count). The number of rotatable bonds is 4. The summed E-state index contributed by atoms with van der Waals surface area (Å²) in [7, 11) is 0. The third kappa shape index (κ3) is 2.90. The second-order valence-electron chi connectivity index (χ2n) is 9.79. The zero-order chi connectivity index (χ0) is 17.3. The van der Waals surface area contributed by atoms with Crippen molar-refractivity contribution in [2.75, 3.05) is 0 Å². The molecular weight excluding hydrogens is 304 g/mol. The maximum atomic E-state index is 12.6. The lowest BCUT2D eigenvalue weighted by Crippen LogP contribution is -2.44. The molecule has 0 aromatic carbocycles. The molecule has 0 bridgehead atoms. The maximum absolute atomic E-state index is 12.6. The normalized spacial score (nSPS) is 49.8. The predicted molar refractivity (Wildman–Crippen MR) is 90.6 cm³/mol. The summed E-state index contributed by atoms with van der Waals surface area (Å²) in [6.45, 7) is 10.8. The Balaban J connectivity index is 1.32. The van der Waals surface area contributed by atoms with E-state index < -0.39 is 5.60 Å². The molecule has 24 heavy (non-hydrogen) atoms. The van der Waals surface area contributed by atoms with Gasteiger partial charge in [0.05, 0.1) is 23.4 Å². The fourth-order valence-electron chi connectivity index (χ4n) is 5.70. The Morgan fingerprint density at radius 2 is 1.79 bits per heavy atom. The third-order valence-corrected chi connectivity index (χ3v) is 7.21. The summed E-state index contributed by atoms with van der Waals surface area (Å²) in [5.41, 5.74) is -0.278. The van der Waals surface area contributed by atoms with Crippen LogP contribution in [0.4, 0.5) is 0 Å². The highest BCUT2D eigenvalue weighted by molar-refractivity contribution is 5.70. The van der Waals surface area contributed by atoms with Crippen LogP contribution < -0.4 is 0 Å². The average molecular weight is 336 g/mol. The second-order valence-corrected chi connectivity index (χ2v) is 9.79. The van der Waals surface area contributed by atoms with Crippen molar-refractivity contribution in [2.24, 2.45) is 17.8 Å². The van der Waals surface area contributed by atoms with Gasteiger partial charge in [-0.3, -0.25) is 4.79 Å². The highest BCUT2D eigenvalue weighted by Gasteiger charge is 2.60. The molecule has 136 valence electrons. The molecule has 7 unspecified atom stereocenters. The minimum absolute atomic E-state index is 0.0371. The number of carbonyl (C=O) groups is 1. The summed E-state index contributed by atoms with van der Waals surface area (Å²) in [5.74, 6) is 1.27. The number of epoxide rings is 2. The first-order valence-corrected chi connectivity index (χ1v) is 9.69.